The number of urea groups is 1. The van der Waals surface area contributed by atoms with E-state index in [0.29, 0.717) is 0 Å². The Morgan fingerprint density at radius 1 is 1.31 bits per heavy atom. The standard InChI is InChI=1S/C9H11N3O/c1-7-10-11-9(13)12(7)8-5-3-2-4-6-8/h2-7,10H,1H3,(H,11,13)/t7-/m0/s1. The van der Waals surface area contributed by atoms with Crippen LogP contribution in [0.15, 0.2) is 30.3 Å². The third-order valence-electron chi connectivity index (χ3n) is 2.03. The molecule has 2 amide bonds. The Morgan fingerprint density at radius 3 is 2.54 bits per heavy atom. The van der Waals surface area contributed by atoms with Crippen molar-refractivity contribution < 1.29 is 4.79 Å². The maximum absolute atomic E-state index is 11.3. The molecule has 2 rings (SSSR count). The van der Waals surface area contributed by atoms with Gasteiger partial charge in [-0.2, -0.15) is 0 Å². The van der Waals surface area contributed by atoms with Gasteiger partial charge in [-0.15, -0.1) is 0 Å². The summed E-state index contributed by atoms with van der Waals surface area (Å²) in [4.78, 5) is 13.0. The number of nitrogens with zero attached hydrogens (tertiary/aromatic N) is 1. The molecule has 13 heavy (non-hydrogen) atoms. The quantitative estimate of drug-likeness (QED) is 0.673. The van der Waals surface area contributed by atoms with E-state index in [1.165, 1.54) is 0 Å². The third kappa shape index (κ3) is 1.36. The van der Waals surface area contributed by atoms with Crippen LogP contribution < -0.4 is 15.8 Å². The Morgan fingerprint density at radius 2 is 2.00 bits per heavy atom. The van der Waals surface area contributed by atoms with Gasteiger partial charge in [0.05, 0.1) is 0 Å². The molecule has 0 radical (unpaired) electrons. The first-order valence-electron chi connectivity index (χ1n) is 4.19. The van der Waals surface area contributed by atoms with Gasteiger partial charge in [-0.25, -0.2) is 10.2 Å². The Hall–Kier alpha value is -1.55. The summed E-state index contributed by atoms with van der Waals surface area (Å²) in [5, 5.41) is 0. The zero-order valence-electron chi connectivity index (χ0n) is 7.32. The molecule has 1 fully saturated rings. The molecule has 0 spiro atoms. The van der Waals surface area contributed by atoms with Crippen molar-refractivity contribution in [3.05, 3.63) is 30.3 Å². The molecule has 1 aliphatic heterocycles. The molecule has 0 unspecified atom stereocenters. The molecule has 1 saturated heterocycles. The van der Waals surface area contributed by atoms with Crippen LogP contribution in [0.4, 0.5) is 10.5 Å². The number of nitrogens with one attached hydrogen (secondary N) is 2. The number of hydrogen-bond donors (Lipinski definition) is 2. The summed E-state index contributed by atoms with van der Waals surface area (Å²) in [5.74, 6) is 0. The predicted molar refractivity (Wildman–Crippen MR) is 50.1 cm³/mol. The Kier molecular flexibility index (Phi) is 1.90. The van der Waals surface area contributed by atoms with E-state index >= 15 is 0 Å². The van der Waals surface area contributed by atoms with Crippen molar-refractivity contribution in [1.82, 2.24) is 10.9 Å². The highest BCUT2D eigenvalue weighted by Crippen LogP contribution is 2.17. The first-order valence-corrected chi connectivity index (χ1v) is 4.19. The second-order valence-electron chi connectivity index (χ2n) is 2.96. The van der Waals surface area contributed by atoms with Crippen LogP contribution in [0.5, 0.6) is 0 Å². The van der Waals surface area contributed by atoms with Crippen molar-refractivity contribution in [1.29, 1.82) is 0 Å². The van der Waals surface area contributed by atoms with Gasteiger partial charge < -0.3 is 0 Å². The molecule has 0 bridgehead atoms. The van der Waals surface area contributed by atoms with Crippen LogP contribution in [-0.2, 0) is 0 Å². The SMILES string of the molecule is C[C@H]1NNC(=O)N1c1ccccc1. The molecule has 1 aromatic carbocycles. The monoisotopic (exact) mass is 177 g/mol. The van der Waals surface area contributed by atoms with Crippen LogP contribution in [0.2, 0.25) is 0 Å². The van der Waals surface area contributed by atoms with Crippen LogP contribution in [0.1, 0.15) is 6.92 Å². The summed E-state index contributed by atoms with van der Waals surface area (Å²) in [5.41, 5.74) is 6.30. The molecule has 2 N–H and O–H groups in total. The highest BCUT2D eigenvalue weighted by Gasteiger charge is 2.27. The van der Waals surface area contributed by atoms with Gasteiger partial charge in [0.15, 0.2) is 0 Å². The maximum atomic E-state index is 11.3. The molecule has 1 heterocycles. The van der Waals surface area contributed by atoms with Crippen LogP contribution >= 0.6 is 0 Å². The number of carbonyl (C=O) groups is 1. The van der Waals surface area contributed by atoms with Crippen LogP contribution in [-0.4, -0.2) is 12.2 Å². The van der Waals surface area contributed by atoms with Crippen LogP contribution in [0, 0.1) is 0 Å². The fourth-order valence-electron chi connectivity index (χ4n) is 1.40. The largest absolute Gasteiger partial charge is 0.337 e. The summed E-state index contributed by atoms with van der Waals surface area (Å²) >= 11 is 0. The number of hydrazine groups is 1. The first-order chi connectivity index (χ1) is 6.29. The summed E-state index contributed by atoms with van der Waals surface area (Å²) in [6.45, 7) is 1.92. The lowest BCUT2D eigenvalue weighted by Crippen LogP contribution is -2.34. The lowest BCUT2D eigenvalue weighted by Gasteiger charge is -2.18. The predicted octanol–water partition coefficient (Wildman–Crippen LogP) is 1.07. The molecule has 0 aliphatic carbocycles. The summed E-state index contributed by atoms with van der Waals surface area (Å²) < 4.78 is 0. The average molecular weight is 177 g/mol. The lowest BCUT2D eigenvalue weighted by atomic mass is 10.3. The van der Waals surface area contributed by atoms with Gasteiger partial charge in [-0.1, -0.05) is 18.2 Å². The minimum atomic E-state index is -0.112. The Bertz CT molecular complexity index is 312. The Labute approximate surface area is 76.5 Å². The topological polar surface area (TPSA) is 44.4 Å². The van der Waals surface area contributed by atoms with E-state index in [4.69, 9.17) is 0 Å². The number of para-hydroxylation sites is 1. The van der Waals surface area contributed by atoms with E-state index in [2.05, 4.69) is 10.9 Å². The summed E-state index contributed by atoms with van der Waals surface area (Å²) in [6, 6.07) is 9.45. The minimum Gasteiger partial charge on any atom is -0.276 e. The number of amides is 2. The van der Waals surface area contributed by atoms with Gasteiger partial charge in [-0.3, -0.25) is 10.3 Å². The summed E-state index contributed by atoms with van der Waals surface area (Å²) in [6.07, 6.45) is -0.00472. The highest BCUT2D eigenvalue weighted by atomic mass is 16.2. The van der Waals surface area contributed by atoms with Gasteiger partial charge in [0.2, 0.25) is 0 Å². The lowest BCUT2D eigenvalue weighted by molar-refractivity contribution is 0.250. The zero-order chi connectivity index (χ0) is 9.26. The second kappa shape index (κ2) is 3.06. The van der Waals surface area contributed by atoms with E-state index in [1.54, 1.807) is 4.90 Å². The van der Waals surface area contributed by atoms with Crippen molar-refractivity contribution in [2.45, 2.75) is 13.1 Å². The van der Waals surface area contributed by atoms with E-state index in [-0.39, 0.29) is 12.2 Å². The van der Waals surface area contributed by atoms with Crippen molar-refractivity contribution in [2.75, 3.05) is 4.90 Å². The number of benzene rings is 1. The van der Waals surface area contributed by atoms with Gasteiger partial charge >= 0.3 is 6.03 Å². The van der Waals surface area contributed by atoms with E-state index < -0.39 is 0 Å². The smallest absolute Gasteiger partial charge is 0.276 e. The molecule has 1 atom stereocenters. The molecule has 68 valence electrons. The van der Waals surface area contributed by atoms with Crippen molar-refractivity contribution in [3.8, 4) is 0 Å². The van der Waals surface area contributed by atoms with Gasteiger partial charge in [0.25, 0.3) is 0 Å². The molecule has 0 aromatic heterocycles. The molecular weight excluding hydrogens is 166 g/mol. The number of anilines is 1. The Balaban J connectivity index is 2.30. The summed E-state index contributed by atoms with van der Waals surface area (Å²) in [7, 11) is 0. The maximum Gasteiger partial charge on any atom is 0.337 e. The van der Waals surface area contributed by atoms with Gasteiger partial charge in [0.1, 0.15) is 6.17 Å². The van der Waals surface area contributed by atoms with Gasteiger partial charge in [0, 0.05) is 5.69 Å². The zero-order valence-corrected chi connectivity index (χ0v) is 7.32. The van der Waals surface area contributed by atoms with E-state index in [9.17, 15) is 4.79 Å². The van der Waals surface area contributed by atoms with Crippen molar-refractivity contribution in [3.63, 3.8) is 0 Å². The number of hydrogen-bond acceptors (Lipinski definition) is 2. The number of carbonyl (C=O) groups excluding carboxylic acids is 1. The molecule has 4 heteroatoms. The molecule has 4 nitrogen and oxygen atoms in total. The van der Waals surface area contributed by atoms with E-state index in [1.807, 2.05) is 37.3 Å². The average Bonchev–Trinajstić information content (AvgIpc) is 2.48. The fraction of sp³-hybridized carbons (Fsp3) is 0.222. The first kappa shape index (κ1) is 8.07. The molecule has 1 aliphatic rings. The second-order valence-corrected chi connectivity index (χ2v) is 2.96. The minimum absolute atomic E-state index is 0.00472. The molecule has 1 aromatic rings. The van der Waals surface area contributed by atoms with Crippen LogP contribution in [0.3, 0.4) is 0 Å². The third-order valence-corrected chi connectivity index (χ3v) is 2.03. The normalized spacial score (nSPS) is 21.8. The molecular formula is C9H11N3O. The van der Waals surface area contributed by atoms with E-state index in [0.717, 1.165) is 5.69 Å². The molecule has 0 saturated carbocycles. The van der Waals surface area contributed by atoms with Gasteiger partial charge in [-0.05, 0) is 19.1 Å². The number of rotatable bonds is 1. The fourth-order valence-corrected chi connectivity index (χ4v) is 1.40. The highest BCUT2D eigenvalue weighted by molar-refractivity contribution is 5.93. The van der Waals surface area contributed by atoms with Crippen molar-refractivity contribution >= 4 is 11.7 Å². The van der Waals surface area contributed by atoms with Crippen LogP contribution in [0.25, 0.3) is 0 Å². The van der Waals surface area contributed by atoms with Crippen molar-refractivity contribution in [2.24, 2.45) is 0 Å².